The van der Waals surface area contributed by atoms with Crippen LogP contribution in [0.15, 0.2) is 24.3 Å². The van der Waals surface area contributed by atoms with Crippen LogP contribution in [0.25, 0.3) is 6.08 Å². The molecule has 0 amide bonds. The maximum atomic E-state index is 12.0. The van der Waals surface area contributed by atoms with E-state index in [-0.39, 0.29) is 12.2 Å². The van der Waals surface area contributed by atoms with Crippen LogP contribution in [0.1, 0.15) is 31.7 Å². The van der Waals surface area contributed by atoms with Crippen LogP contribution in [-0.4, -0.2) is 62.8 Å². The molecule has 0 aliphatic heterocycles. The molecule has 0 spiro atoms. The quantitative estimate of drug-likeness (QED) is 0.325. The number of benzene rings is 1. The predicted octanol–water partition coefficient (Wildman–Crippen LogP) is 0.404. The third-order valence-corrected chi connectivity index (χ3v) is 4.45. The number of carbonyl (C=O) groups is 2. The molecule has 154 valence electrons. The standard InChI is InChI=1S/C19H25NO8/c1-2-7-27-14-5-3-11(8-13(14)21)4-6-16(22)28-15-10-19(26,18(24)25)9-12(20)17(15)23/h3-6,8,12,15,17,21,23,26H,2,7,9-10,20H2,1H3,(H,24,25)/b6-4+/t12-,15+,17+,19-/m0/s1. The molecule has 1 aromatic carbocycles. The van der Waals surface area contributed by atoms with E-state index in [9.17, 15) is 24.9 Å². The molecule has 0 heterocycles. The van der Waals surface area contributed by atoms with Crippen LogP contribution >= 0.6 is 0 Å². The minimum atomic E-state index is -2.17. The van der Waals surface area contributed by atoms with E-state index in [1.165, 1.54) is 12.1 Å². The number of carboxylic acids is 1. The highest BCUT2D eigenvalue weighted by molar-refractivity contribution is 5.87. The van der Waals surface area contributed by atoms with Gasteiger partial charge < -0.3 is 35.6 Å². The molecule has 1 aliphatic carbocycles. The molecule has 6 N–H and O–H groups in total. The van der Waals surface area contributed by atoms with Crippen molar-refractivity contribution in [2.75, 3.05) is 6.61 Å². The zero-order valence-corrected chi connectivity index (χ0v) is 15.4. The number of phenols is 1. The molecule has 9 heteroatoms. The van der Waals surface area contributed by atoms with Gasteiger partial charge in [0.1, 0.15) is 12.2 Å². The number of aromatic hydroxyl groups is 1. The summed E-state index contributed by atoms with van der Waals surface area (Å²) in [5.41, 5.74) is 3.99. The van der Waals surface area contributed by atoms with E-state index in [2.05, 4.69) is 0 Å². The topological polar surface area (TPSA) is 160 Å². The summed E-state index contributed by atoms with van der Waals surface area (Å²) >= 11 is 0. The number of aliphatic hydroxyl groups excluding tert-OH is 1. The molecule has 9 nitrogen and oxygen atoms in total. The molecule has 0 saturated heterocycles. The Hall–Kier alpha value is -2.62. The van der Waals surface area contributed by atoms with E-state index >= 15 is 0 Å². The molecule has 0 aromatic heterocycles. The highest BCUT2D eigenvalue weighted by atomic mass is 16.6. The first kappa shape index (κ1) is 21.7. The van der Waals surface area contributed by atoms with Gasteiger partial charge in [-0.25, -0.2) is 9.59 Å². The fourth-order valence-corrected chi connectivity index (χ4v) is 2.93. The number of hydrogen-bond acceptors (Lipinski definition) is 8. The minimum absolute atomic E-state index is 0.0795. The van der Waals surface area contributed by atoms with Crippen molar-refractivity contribution < 1.29 is 39.5 Å². The first-order valence-electron chi connectivity index (χ1n) is 8.90. The van der Waals surface area contributed by atoms with Crippen LogP contribution in [0.4, 0.5) is 0 Å². The highest BCUT2D eigenvalue weighted by Crippen LogP contribution is 2.31. The van der Waals surface area contributed by atoms with Crippen molar-refractivity contribution in [2.24, 2.45) is 5.73 Å². The third kappa shape index (κ3) is 5.22. The Kier molecular flexibility index (Phi) is 7.00. The van der Waals surface area contributed by atoms with E-state index in [4.69, 9.17) is 20.3 Å². The molecule has 1 saturated carbocycles. The van der Waals surface area contributed by atoms with Gasteiger partial charge in [-0.2, -0.15) is 0 Å². The maximum Gasteiger partial charge on any atom is 0.335 e. The lowest BCUT2D eigenvalue weighted by Gasteiger charge is -2.39. The van der Waals surface area contributed by atoms with Gasteiger partial charge in [-0.15, -0.1) is 0 Å². The second-order valence-corrected chi connectivity index (χ2v) is 6.78. The lowest BCUT2D eigenvalue weighted by Crippen LogP contribution is -2.59. The van der Waals surface area contributed by atoms with Gasteiger partial charge in [0.15, 0.2) is 17.1 Å². The smallest absolute Gasteiger partial charge is 0.335 e. The van der Waals surface area contributed by atoms with Crippen molar-refractivity contribution in [1.82, 2.24) is 0 Å². The van der Waals surface area contributed by atoms with E-state index in [1.54, 1.807) is 12.1 Å². The summed E-state index contributed by atoms with van der Waals surface area (Å²) in [6.45, 7) is 2.40. The summed E-state index contributed by atoms with van der Waals surface area (Å²) in [5, 5.41) is 39.2. The van der Waals surface area contributed by atoms with Gasteiger partial charge in [-0.05, 0) is 30.2 Å². The van der Waals surface area contributed by atoms with Crippen LogP contribution in [-0.2, 0) is 14.3 Å². The first-order valence-corrected chi connectivity index (χ1v) is 8.90. The summed E-state index contributed by atoms with van der Waals surface area (Å²) in [4.78, 5) is 23.3. The highest BCUT2D eigenvalue weighted by Gasteiger charge is 2.49. The lowest BCUT2D eigenvalue weighted by atomic mass is 9.78. The number of rotatable bonds is 7. The second kappa shape index (κ2) is 9.05. The average Bonchev–Trinajstić information content (AvgIpc) is 2.63. The van der Waals surface area contributed by atoms with Crippen molar-refractivity contribution >= 4 is 18.0 Å². The number of aliphatic carboxylic acids is 1. The van der Waals surface area contributed by atoms with Gasteiger partial charge >= 0.3 is 11.9 Å². The Bertz CT molecular complexity index is 749. The molecule has 4 atom stereocenters. The number of carbonyl (C=O) groups excluding carboxylic acids is 1. The summed E-state index contributed by atoms with van der Waals surface area (Å²) in [6, 6.07) is 3.54. The Morgan fingerprint density at radius 1 is 1.36 bits per heavy atom. The number of hydrogen-bond donors (Lipinski definition) is 5. The van der Waals surface area contributed by atoms with E-state index in [0.717, 1.165) is 12.5 Å². The van der Waals surface area contributed by atoms with Crippen molar-refractivity contribution in [3.8, 4) is 11.5 Å². The Morgan fingerprint density at radius 3 is 2.68 bits per heavy atom. The summed E-state index contributed by atoms with van der Waals surface area (Å²) in [5.74, 6) is -2.10. The summed E-state index contributed by atoms with van der Waals surface area (Å²) in [7, 11) is 0. The molecule has 0 bridgehead atoms. The van der Waals surface area contributed by atoms with Crippen molar-refractivity contribution in [3.05, 3.63) is 29.8 Å². The van der Waals surface area contributed by atoms with E-state index in [1.807, 2.05) is 6.92 Å². The number of nitrogens with two attached hydrogens (primary N) is 1. The molecular formula is C19H25NO8. The third-order valence-electron chi connectivity index (χ3n) is 4.45. The molecule has 0 unspecified atom stereocenters. The number of aliphatic hydroxyl groups is 2. The fourth-order valence-electron chi connectivity index (χ4n) is 2.93. The van der Waals surface area contributed by atoms with Gasteiger partial charge in [0.05, 0.1) is 6.61 Å². The fraction of sp³-hybridized carbons (Fsp3) is 0.474. The van der Waals surface area contributed by atoms with Gasteiger partial charge in [-0.1, -0.05) is 13.0 Å². The SMILES string of the molecule is CCCOc1ccc(/C=C/C(=O)O[C@@H]2C[C@](O)(C(=O)O)C[C@H](N)[C@H]2O)cc1O. The van der Waals surface area contributed by atoms with Gasteiger partial charge in [0.2, 0.25) is 0 Å². The molecular weight excluding hydrogens is 370 g/mol. The van der Waals surface area contributed by atoms with Crippen molar-refractivity contribution in [3.63, 3.8) is 0 Å². The zero-order valence-electron chi connectivity index (χ0n) is 15.4. The lowest BCUT2D eigenvalue weighted by molar-refractivity contribution is -0.182. The molecule has 1 fully saturated rings. The normalized spacial score (nSPS) is 27.5. The minimum Gasteiger partial charge on any atom is -0.504 e. The van der Waals surface area contributed by atoms with Crippen LogP contribution < -0.4 is 10.5 Å². The van der Waals surface area contributed by atoms with Crippen LogP contribution in [0, 0.1) is 0 Å². The maximum absolute atomic E-state index is 12.0. The first-order chi connectivity index (χ1) is 13.2. The van der Waals surface area contributed by atoms with E-state index in [0.29, 0.717) is 17.9 Å². The number of phenolic OH excluding ortho intramolecular Hbond substituents is 1. The molecule has 1 aliphatic rings. The molecule has 0 radical (unpaired) electrons. The zero-order chi connectivity index (χ0) is 20.9. The van der Waals surface area contributed by atoms with Gasteiger partial charge in [0, 0.05) is 25.0 Å². The van der Waals surface area contributed by atoms with Crippen molar-refractivity contribution in [2.45, 2.75) is 50.0 Å². The Morgan fingerprint density at radius 2 is 2.07 bits per heavy atom. The second-order valence-electron chi connectivity index (χ2n) is 6.78. The van der Waals surface area contributed by atoms with Crippen LogP contribution in [0.3, 0.4) is 0 Å². The Labute approximate surface area is 162 Å². The molecule has 2 rings (SSSR count). The summed E-state index contributed by atoms with van der Waals surface area (Å²) in [6.07, 6.45) is -0.143. The monoisotopic (exact) mass is 395 g/mol. The predicted molar refractivity (Wildman–Crippen MR) is 98.6 cm³/mol. The average molecular weight is 395 g/mol. The van der Waals surface area contributed by atoms with Crippen LogP contribution in [0.5, 0.6) is 11.5 Å². The van der Waals surface area contributed by atoms with Crippen LogP contribution in [0.2, 0.25) is 0 Å². The summed E-state index contributed by atoms with van der Waals surface area (Å²) < 4.78 is 10.4. The molecule has 1 aromatic rings. The van der Waals surface area contributed by atoms with Gasteiger partial charge in [-0.3, -0.25) is 0 Å². The van der Waals surface area contributed by atoms with Crippen molar-refractivity contribution in [1.29, 1.82) is 0 Å². The number of esters is 1. The number of carboxylic acid groups (broad SMARTS) is 1. The van der Waals surface area contributed by atoms with Gasteiger partial charge in [0.25, 0.3) is 0 Å². The number of ether oxygens (including phenoxy) is 2. The largest absolute Gasteiger partial charge is 0.504 e. The Balaban J connectivity index is 2.02. The van der Waals surface area contributed by atoms with E-state index < -0.39 is 42.2 Å². The molecule has 28 heavy (non-hydrogen) atoms.